The van der Waals surface area contributed by atoms with E-state index in [1.807, 2.05) is 23.1 Å². The van der Waals surface area contributed by atoms with E-state index in [1.165, 1.54) is 16.0 Å². The summed E-state index contributed by atoms with van der Waals surface area (Å²) in [6.07, 6.45) is 1.53. The second-order valence-electron chi connectivity index (χ2n) is 7.25. The van der Waals surface area contributed by atoms with Gasteiger partial charge in [0.25, 0.3) is 0 Å². The van der Waals surface area contributed by atoms with Crippen LogP contribution in [0.1, 0.15) is 29.3 Å². The Balaban J connectivity index is 0.00000300. The topological polar surface area (TPSA) is 56.7 Å². The number of aliphatic imine (C=N–C) groups is 1. The van der Waals surface area contributed by atoms with Crippen LogP contribution < -0.4 is 10.6 Å². The van der Waals surface area contributed by atoms with E-state index in [0.717, 1.165) is 38.6 Å². The highest BCUT2D eigenvalue weighted by atomic mass is 127. The Kier molecular flexibility index (Phi) is 9.93. The van der Waals surface area contributed by atoms with Crippen LogP contribution in [0.2, 0.25) is 0 Å². The maximum absolute atomic E-state index is 12.3. The summed E-state index contributed by atoms with van der Waals surface area (Å²) in [6, 6.07) is 12.5. The SMILES string of the molecule is CCNC(=NCc1sccc1C)NCC1CC(=O)N(CCc2ccccc2)C1.I. The van der Waals surface area contributed by atoms with Gasteiger partial charge in [0.1, 0.15) is 0 Å². The second-order valence-corrected chi connectivity index (χ2v) is 8.25. The molecule has 2 aromatic rings. The van der Waals surface area contributed by atoms with E-state index in [4.69, 9.17) is 4.99 Å². The number of hydrogen-bond acceptors (Lipinski definition) is 3. The lowest BCUT2D eigenvalue weighted by atomic mass is 10.1. The lowest BCUT2D eigenvalue weighted by Gasteiger charge is -2.18. The van der Waals surface area contributed by atoms with E-state index in [0.29, 0.717) is 18.9 Å². The van der Waals surface area contributed by atoms with Crippen molar-refractivity contribution in [3.63, 3.8) is 0 Å². The molecule has 0 saturated carbocycles. The number of hydrogen-bond donors (Lipinski definition) is 2. The van der Waals surface area contributed by atoms with Crippen molar-refractivity contribution in [3.05, 3.63) is 57.8 Å². The zero-order valence-electron chi connectivity index (χ0n) is 17.2. The summed E-state index contributed by atoms with van der Waals surface area (Å²) in [6.45, 7) is 8.08. The monoisotopic (exact) mass is 526 g/mol. The minimum atomic E-state index is 0. The van der Waals surface area contributed by atoms with Crippen LogP contribution in [0.4, 0.5) is 0 Å². The molecule has 2 heterocycles. The van der Waals surface area contributed by atoms with Crippen LogP contribution in [0.25, 0.3) is 0 Å². The van der Waals surface area contributed by atoms with Crippen LogP contribution >= 0.6 is 35.3 Å². The minimum Gasteiger partial charge on any atom is -0.357 e. The van der Waals surface area contributed by atoms with Gasteiger partial charge in [-0.2, -0.15) is 0 Å². The lowest BCUT2D eigenvalue weighted by molar-refractivity contribution is -0.127. The van der Waals surface area contributed by atoms with Gasteiger partial charge in [-0.3, -0.25) is 4.79 Å². The number of benzene rings is 1. The van der Waals surface area contributed by atoms with Gasteiger partial charge in [-0.05, 0) is 42.8 Å². The van der Waals surface area contributed by atoms with Crippen molar-refractivity contribution < 1.29 is 4.79 Å². The molecule has 1 aliphatic rings. The maximum Gasteiger partial charge on any atom is 0.223 e. The summed E-state index contributed by atoms with van der Waals surface area (Å²) < 4.78 is 0. The summed E-state index contributed by atoms with van der Waals surface area (Å²) >= 11 is 1.74. The Morgan fingerprint density at radius 1 is 1.24 bits per heavy atom. The summed E-state index contributed by atoms with van der Waals surface area (Å²) in [5, 5.41) is 8.83. The molecule has 1 amide bonds. The predicted molar refractivity (Wildman–Crippen MR) is 132 cm³/mol. The smallest absolute Gasteiger partial charge is 0.223 e. The molecule has 7 heteroatoms. The molecule has 5 nitrogen and oxygen atoms in total. The molecule has 1 atom stereocenters. The molecule has 0 aliphatic carbocycles. The summed E-state index contributed by atoms with van der Waals surface area (Å²) in [4.78, 5) is 20.3. The number of amides is 1. The first-order valence-electron chi connectivity index (χ1n) is 10.0. The zero-order chi connectivity index (χ0) is 19.8. The Labute approximate surface area is 195 Å². The van der Waals surface area contributed by atoms with Gasteiger partial charge in [0.15, 0.2) is 5.96 Å². The molecular weight excluding hydrogens is 495 g/mol. The molecule has 0 radical (unpaired) electrons. The van der Waals surface area contributed by atoms with E-state index in [1.54, 1.807) is 11.3 Å². The maximum atomic E-state index is 12.3. The minimum absolute atomic E-state index is 0. The number of halogens is 1. The number of rotatable bonds is 8. The molecule has 3 rings (SSSR count). The fourth-order valence-corrected chi connectivity index (χ4v) is 4.24. The third-order valence-corrected chi connectivity index (χ3v) is 6.07. The van der Waals surface area contributed by atoms with Crippen LogP contribution in [0.5, 0.6) is 0 Å². The van der Waals surface area contributed by atoms with Gasteiger partial charge in [-0.1, -0.05) is 30.3 Å². The van der Waals surface area contributed by atoms with Gasteiger partial charge in [-0.15, -0.1) is 35.3 Å². The predicted octanol–water partition coefficient (Wildman–Crippen LogP) is 3.82. The summed E-state index contributed by atoms with van der Waals surface area (Å²) in [5.74, 6) is 1.42. The van der Waals surface area contributed by atoms with Crippen molar-refractivity contribution in [3.8, 4) is 0 Å². The Bertz CT molecular complexity index is 793. The van der Waals surface area contributed by atoms with E-state index < -0.39 is 0 Å². The Hall–Kier alpha value is -1.61. The highest BCUT2D eigenvalue weighted by Crippen LogP contribution is 2.18. The third-order valence-electron chi connectivity index (χ3n) is 5.06. The average Bonchev–Trinajstić information content (AvgIpc) is 3.28. The number of aryl methyl sites for hydroxylation is 1. The highest BCUT2D eigenvalue weighted by Gasteiger charge is 2.29. The van der Waals surface area contributed by atoms with Crippen molar-refractivity contribution in [2.75, 3.05) is 26.2 Å². The standard InChI is InChI=1S/C22H30N4OS.HI/c1-3-23-22(25-15-20-17(2)10-12-28-20)24-14-19-13-21(27)26(16-19)11-9-18-7-5-4-6-8-18;/h4-8,10,12,19H,3,9,11,13-16H2,1-2H3,(H2,23,24,25);1H. The molecule has 2 N–H and O–H groups in total. The fourth-order valence-electron chi connectivity index (χ4n) is 3.42. The van der Waals surface area contributed by atoms with Gasteiger partial charge < -0.3 is 15.5 Å². The van der Waals surface area contributed by atoms with Crippen LogP contribution in [0, 0.1) is 12.8 Å². The number of guanidine groups is 1. The second kappa shape index (κ2) is 12.2. The number of nitrogens with one attached hydrogen (secondary N) is 2. The zero-order valence-corrected chi connectivity index (χ0v) is 20.3. The Morgan fingerprint density at radius 3 is 2.72 bits per heavy atom. The van der Waals surface area contributed by atoms with E-state index in [9.17, 15) is 4.79 Å². The molecule has 158 valence electrons. The van der Waals surface area contributed by atoms with Crippen LogP contribution in [-0.4, -0.2) is 42.9 Å². The Morgan fingerprint density at radius 2 is 2.03 bits per heavy atom. The normalized spacial score (nSPS) is 16.6. The summed E-state index contributed by atoms with van der Waals surface area (Å²) in [5.41, 5.74) is 2.57. The molecule has 0 bridgehead atoms. The number of carbonyl (C=O) groups excluding carboxylic acids is 1. The van der Waals surface area contributed by atoms with Crippen molar-refractivity contribution in [2.24, 2.45) is 10.9 Å². The lowest BCUT2D eigenvalue weighted by Crippen LogP contribution is -2.40. The largest absolute Gasteiger partial charge is 0.357 e. The van der Waals surface area contributed by atoms with Gasteiger partial charge in [0, 0.05) is 43.4 Å². The first-order chi connectivity index (χ1) is 13.7. The van der Waals surface area contributed by atoms with Crippen LogP contribution in [0.3, 0.4) is 0 Å². The fraction of sp³-hybridized carbons (Fsp3) is 0.455. The van der Waals surface area contributed by atoms with Crippen molar-refractivity contribution in [1.82, 2.24) is 15.5 Å². The van der Waals surface area contributed by atoms with E-state index in [2.05, 4.69) is 48.1 Å². The molecule has 1 aromatic heterocycles. The number of nitrogens with zero attached hydrogens (tertiary/aromatic N) is 2. The first-order valence-corrected chi connectivity index (χ1v) is 10.9. The summed E-state index contributed by atoms with van der Waals surface area (Å²) in [7, 11) is 0. The van der Waals surface area contributed by atoms with Crippen molar-refractivity contribution >= 4 is 47.2 Å². The molecule has 1 unspecified atom stereocenters. The average molecular weight is 526 g/mol. The number of carbonyl (C=O) groups is 1. The number of thiophene rings is 1. The molecular formula is C22H31IN4OS. The van der Waals surface area contributed by atoms with Gasteiger partial charge in [0.2, 0.25) is 5.91 Å². The highest BCUT2D eigenvalue weighted by molar-refractivity contribution is 14.0. The third kappa shape index (κ3) is 7.29. The molecule has 1 fully saturated rings. The first kappa shape index (κ1) is 23.7. The quantitative estimate of drug-likeness (QED) is 0.313. The van der Waals surface area contributed by atoms with Crippen molar-refractivity contribution in [2.45, 2.75) is 33.2 Å². The van der Waals surface area contributed by atoms with Gasteiger partial charge >= 0.3 is 0 Å². The molecule has 1 saturated heterocycles. The molecule has 29 heavy (non-hydrogen) atoms. The van der Waals surface area contributed by atoms with Crippen molar-refractivity contribution in [1.29, 1.82) is 0 Å². The molecule has 1 aliphatic heterocycles. The number of likely N-dealkylation sites (tertiary alicyclic amines) is 1. The molecule has 0 spiro atoms. The van der Waals surface area contributed by atoms with E-state index in [-0.39, 0.29) is 29.9 Å². The van der Waals surface area contributed by atoms with Crippen LogP contribution in [-0.2, 0) is 17.8 Å². The van der Waals surface area contributed by atoms with E-state index >= 15 is 0 Å². The van der Waals surface area contributed by atoms with Crippen LogP contribution in [0.15, 0.2) is 46.8 Å². The molecule has 1 aromatic carbocycles. The van der Waals surface area contributed by atoms with Gasteiger partial charge in [0.05, 0.1) is 6.54 Å². The van der Waals surface area contributed by atoms with Gasteiger partial charge in [-0.25, -0.2) is 4.99 Å².